The molecule has 0 saturated carbocycles. The Balaban J connectivity index is 2.32. The summed E-state index contributed by atoms with van der Waals surface area (Å²) in [5, 5.41) is 19.5. The summed E-state index contributed by atoms with van der Waals surface area (Å²) in [4.78, 5) is 36.5. The van der Waals surface area contributed by atoms with Crippen LogP contribution in [0, 0.1) is 0 Å². The minimum atomic E-state index is -0.828. The van der Waals surface area contributed by atoms with Crippen molar-refractivity contribution >= 4 is 35.0 Å². The summed E-state index contributed by atoms with van der Waals surface area (Å²) in [5.74, 6) is -2.40. The Morgan fingerprint density at radius 1 is 1.22 bits per heavy atom. The Hall–Kier alpha value is -3.28. The molecular formula is C15H16N4O7S. The van der Waals surface area contributed by atoms with Crippen LogP contribution in [-0.4, -0.2) is 64.6 Å². The first-order valence-electron chi connectivity index (χ1n) is 7.55. The topological polar surface area (TPSA) is 142 Å². The van der Waals surface area contributed by atoms with Crippen molar-refractivity contribution in [2.24, 2.45) is 5.16 Å². The molecule has 2 aromatic rings. The molecule has 12 heteroatoms. The summed E-state index contributed by atoms with van der Waals surface area (Å²) in [6.45, 7) is 1.82. The number of oxime groups is 1. The van der Waals surface area contributed by atoms with Crippen LogP contribution in [0.4, 0.5) is 0 Å². The zero-order valence-electron chi connectivity index (χ0n) is 14.7. The standard InChI is InChI=1S/C15H16N4O7S/c1-4-26-14(21)10(17-23)9-6-5-8(27-9)7-19-12(15(22)25-3)11(16-18-19)13(20)24-2/h5-6,23H,4,7H2,1-3H3. The van der Waals surface area contributed by atoms with Crippen LogP contribution in [0.5, 0.6) is 0 Å². The number of rotatable bonds is 7. The molecule has 0 aliphatic heterocycles. The second-order valence-corrected chi connectivity index (χ2v) is 6.03. The lowest BCUT2D eigenvalue weighted by Gasteiger charge is -2.04. The van der Waals surface area contributed by atoms with Crippen LogP contribution < -0.4 is 0 Å². The summed E-state index contributed by atoms with van der Waals surface area (Å²) in [6.07, 6.45) is 0. The molecule has 0 saturated heterocycles. The number of esters is 3. The van der Waals surface area contributed by atoms with Gasteiger partial charge in [-0.25, -0.2) is 19.1 Å². The molecule has 11 nitrogen and oxygen atoms in total. The van der Waals surface area contributed by atoms with E-state index >= 15 is 0 Å². The van der Waals surface area contributed by atoms with E-state index in [0.717, 1.165) is 25.6 Å². The van der Waals surface area contributed by atoms with E-state index in [2.05, 4.69) is 24.9 Å². The summed E-state index contributed by atoms with van der Waals surface area (Å²) in [7, 11) is 2.31. The molecule has 0 atom stereocenters. The second-order valence-electron chi connectivity index (χ2n) is 4.86. The van der Waals surface area contributed by atoms with Gasteiger partial charge in [-0.3, -0.25) is 0 Å². The number of thiophene rings is 1. The summed E-state index contributed by atoms with van der Waals surface area (Å²) >= 11 is 1.12. The highest BCUT2D eigenvalue weighted by Crippen LogP contribution is 2.20. The fraction of sp³-hybridized carbons (Fsp3) is 0.333. The molecule has 2 heterocycles. The lowest BCUT2D eigenvalue weighted by Crippen LogP contribution is -2.17. The minimum Gasteiger partial charge on any atom is -0.464 e. The van der Waals surface area contributed by atoms with Gasteiger partial charge in [0, 0.05) is 4.88 Å². The van der Waals surface area contributed by atoms with Gasteiger partial charge in [-0.1, -0.05) is 10.4 Å². The lowest BCUT2D eigenvalue weighted by molar-refractivity contribution is -0.135. The first-order chi connectivity index (χ1) is 13.0. The van der Waals surface area contributed by atoms with Crippen molar-refractivity contribution in [3.05, 3.63) is 33.3 Å². The molecule has 0 amide bonds. The number of hydrogen-bond acceptors (Lipinski definition) is 11. The van der Waals surface area contributed by atoms with E-state index in [9.17, 15) is 14.4 Å². The number of hydrogen-bond donors (Lipinski definition) is 1. The number of carbonyl (C=O) groups excluding carboxylic acids is 3. The second kappa shape index (κ2) is 8.89. The largest absolute Gasteiger partial charge is 0.464 e. The van der Waals surface area contributed by atoms with Crippen molar-refractivity contribution in [3.8, 4) is 0 Å². The van der Waals surface area contributed by atoms with Gasteiger partial charge in [-0.2, -0.15) is 0 Å². The first-order valence-corrected chi connectivity index (χ1v) is 8.36. The van der Waals surface area contributed by atoms with E-state index < -0.39 is 17.9 Å². The molecular weight excluding hydrogens is 380 g/mol. The van der Waals surface area contributed by atoms with Gasteiger partial charge in [-0.05, 0) is 19.1 Å². The molecule has 0 aliphatic rings. The SMILES string of the molecule is CCOC(=O)C(=NO)c1ccc(Cn2nnc(C(=O)OC)c2C(=O)OC)s1. The molecule has 27 heavy (non-hydrogen) atoms. The molecule has 0 unspecified atom stereocenters. The molecule has 0 aliphatic carbocycles. The van der Waals surface area contributed by atoms with Crippen molar-refractivity contribution in [1.82, 2.24) is 15.0 Å². The monoisotopic (exact) mass is 396 g/mol. The quantitative estimate of drug-likeness (QED) is 0.235. The van der Waals surface area contributed by atoms with Gasteiger partial charge in [0.1, 0.15) is 0 Å². The Bertz CT molecular complexity index is 887. The maximum atomic E-state index is 12.0. The van der Waals surface area contributed by atoms with E-state index in [0.29, 0.717) is 9.75 Å². The van der Waals surface area contributed by atoms with Crippen LogP contribution in [-0.2, 0) is 25.5 Å². The smallest absolute Gasteiger partial charge is 0.361 e. The highest BCUT2D eigenvalue weighted by molar-refractivity contribution is 7.14. The Morgan fingerprint density at radius 2 is 1.93 bits per heavy atom. The average molecular weight is 396 g/mol. The first kappa shape index (κ1) is 20.0. The molecule has 0 aromatic carbocycles. The summed E-state index contributed by atoms with van der Waals surface area (Å²) in [5.41, 5.74) is -0.680. The molecule has 0 bridgehead atoms. The third-order valence-electron chi connectivity index (χ3n) is 3.26. The van der Waals surface area contributed by atoms with Gasteiger partial charge in [0.05, 0.1) is 32.2 Å². The molecule has 1 N–H and O–H groups in total. The van der Waals surface area contributed by atoms with Gasteiger partial charge < -0.3 is 19.4 Å². The van der Waals surface area contributed by atoms with E-state index in [4.69, 9.17) is 9.94 Å². The number of methoxy groups -OCH3 is 2. The predicted molar refractivity (Wildman–Crippen MR) is 91.1 cm³/mol. The Kier molecular flexibility index (Phi) is 6.60. The molecule has 0 spiro atoms. The minimum absolute atomic E-state index is 0.0562. The molecule has 144 valence electrons. The lowest BCUT2D eigenvalue weighted by atomic mass is 10.3. The molecule has 0 fully saturated rings. The summed E-state index contributed by atoms with van der Waals surface area (Å²) in [6, 6.07) is 3.20. The van der Waals surface area contributed by atoms with Gasteiger partial charge in [-0.15, -0.1) is 16.4 Å². The van der Waals surface area contributed by atoms with Crippen LogP contribution in [0.3, 0.4) is 0 Å². The van der Waals surface area contributed by atoms with Crippen molar-refractivity contribution in [1.29, 1.82) is 0 Å². The zero-order chi connectivity index (χ0) is 20.0. The van der Waals surface area contributed by atoms with Gasteiger partial charge in [0.15, 0.2) is 5.69 Å². The normalized spacial score (nSPS) is 11.1. The van der Waals surface area contributed by atoms with Crippen molar-refractivity contribution in [2.75, 3.05) is 20.8 Å². The Labute approximate surface area is 157 Å². The van der Waals surface area contributed by atoms with Crippen LogP contribution in [0.2, 0.25) is 0 Å². The van der Waals surface area contributed by atoms with E-state index in [-0.39, 0.29) is 30.3 Å². The van der Waals surface area contributed by atoms with E-state index in [1.165, 1.54) is 4.68 Å². The maximum Gasteiger partial charge on any atom is 0.361 e. The van der Waals surface area contributed by atoms with Gasteiger partial charge in [0.25, 0.3) is 0 Å². The number of aromatic nitrogens is 3. The fourth-order valence-electron chi connectivity index (χ4n) is 2.08. The molecule has 2 rings (SSSR count). The van der Waals surface area contributed by atoms with Crippen molar-refractivity contribution < 1.29 is 33.8 Å². The van der Waals surface area contributed by atoms with Crippen LogP contribution in [0.15, 0.2) is 17.3 Å². The zero-order valence-corrected chi connectivity index (χ0v) is 15.5. The van der Waals surface area contributed by atoms with Gasteiger partial charge in [0.2, 0.25) is 11.4 Å². The van der Waals surface area contributed by atoms with E-state index in [1.807, 2.05) is 0 Å². The maximum absolute atomic E-state index is 12.0. The number of carbonyl (C=O) groups is 3. The molecule has 2 aromatic heterocycles. The third kappa shape index (κ3) is 4.28. The van der Waals surface area contributed by atoms with E-state index in [1.54, 1.807) is 19.1 Å². The highest BCUT2D eigenvalue weighted by atomic mass is 32.1. The van der Waals surface area contributed by atoms with Crippen molar-refractivity contribution in [2.45, 2.75) is 13.5 Å². The predicted octanol–water partition coefficient (Wildman–Crippen LogP) is 0.702. The van der Waals surface area contributed by atoms with Crippen LogP contribution >= 0.6 is 11.3 Å². The van der Waals surface area contributed by atoms with Gasteiger partial charge >= 0.3 is 17.9 Å². The number of ether oxygens (including phenoxy) is 3. The third-order valence-corrected chi connectivity index (χ3v) is 4.34. The molecule has 0 radical (unpaired) electrons. The average Bonchev–Trinajstić information content (AvgIpc) is 3.29. The highest BCUT2D eigenvalue weighted by Gasteiger charge is 2.27. The Morgan fingerprint density at radius 3 is 2.52 bits per heavy atom. The van der Waals surface area contributed by atoms with Crippen molar-refractivity contribution in [3.63, 3.8) is 0 Å². The fourth-order valence-corrected chi connectivity index (χ4v) is 3.05. The number of nitrogens with zero attached hydrogens (tertiary/aromatic N) is 4. The van der Waals surface area contributed by atoms with Crippen LogP contribution in [0.1, 0.15) is 37.7 Å². The van der Waals surface area contributed by atoms with Crippen LogP contribution in [0.25, 0.3) is 0 Å². The summed E-state index contributed by atoms with van der Waals surface area (Å²) < 4.78 is 15.2.